The molecule has 1 saturated carbocycles. The summed E-state index contributed by atoms with van der Waals surface area (Å²) in [6.45, 7) is 3.13. The van der Waals surface area contributed by atoms with Gasteiger partial charge in [-0.25, -0.2) is 13.1 Å². The molecule has 0 aromatic heterocycles. The summed E-state index contributed by atoms with van der Waals surface area (Å²) in [5.41, 5.74) is -0.840. The van der Waals surface area contributed by atoms with Crippen molar-refractivity contribution in [3.63, 3.8) is 0 Å². The Balaban J connectivity index is 2.83. The van der Waals surface area contributed by atoms with Gasteiger partial charge in [0.05, 0.1) is 19.3 Å². The van der Waals surface area contributed by atoms with Crippen molar-refractivity contribution in [1.82, 2.24) is 4.72 Å². The molecule has 1 atom stereocenters. The lowest BCUT2D eigenvalue weighted by molar-refractivity contribution is -0.139. The third-order valence-electron chi connectivity index (χ3n) is 3.89. The second-order valence-corrected chi connectivity index (χ2v) is 7.43. The molecule has 1 aliphatic rings. The van der Waals surface area contributed by atoms with Crippen LogP contribution in [0.3, 0.4) is 0 Å². The number of hydrogen-bond donors (Lipinski definition) is 2. The lowest BCUT2D eigenvalue weighted by atomic mass is 9.78. The van der Waals surface area contributed by atoms with E-state index in [-0.39, 0.29) is 6.61 Å². The zero-order chi connectivity index (χ0) is 14.7. The van der Waals surface area contributed by atoms with Gasteiger partial charge < -0.3 is 9.84 Å². The first-order chi connectivity index (χ1) is 8.76. The highest BCUT2D eigenvalue weighted by Crippen LogP contribution is 2.32. The van der Waals surface area contributed by atoms with Crippen molar-refractivity contribution in [3.05, 3.63) is 0 Å². The van der Waals surface area contributed by atoms with Crippen molar-refractivity contribution < 1.29 is 23.1 Å². The maximum atomic E-state index is 12.1. The summed E-state index contributed by atoms with van der Waals surface area (Å²) < 4.78 is 31.2. The van der Waals surface area contributed by atoms with Crippen molar-refractivity contribution in [1.29, 1.82) is 0 Å². The molecule has 0 spiro atoms. The summed E-state index contributed by atoms with van der Waals surface area (Å²) >= 11 is 0. The van der Waals surface area contributed by atoms with Gasteiger partial charge in [0.1, 0.15) is 0 Å². The van der Waals surface area contributed by atoms with Crippen LogP contribution >= 0.6 is 0 Å². The fourth-order valence-electron chi connectivity index (χ4n) is 2.29. The molecule has 1 aliphatic carbocycles. The van der Waals surface area contributed by atoms with Gasteiger partial charge in [0.15, 0.2) is 5.25 Å². The van der Waals surface area contributed by atoms with E-state index in [9.17, 15) is 18.3 Å². The third kappa shape index (κ3) is 3.90. The SMILES string of the molecule is COC(=O)C(C)S(=O)(=O)NC1(CO)CCC(C)CC1. The van der Waals surface area contributed by atoms with Crippen molar-refractivity contribution in [2.75, 3.05) is 13.7 Å². The lowest BCUT2D eigenvalue weighted by Gasteiger charge is -2.38. The molecule has 6 nitrogen and oxygen atoms in total. The predicted molar refractivity (Wildman–Crippen MR) is 71.0 cm³/mol. The molecule has 1 rings (SSSR count). The van der Waals surface area contributed by atoms with Gasteiger partial charge in [-0.1, -0.05) is 6.92 Å². The van der Waals surface area contributed by atoms with E-state index in [1.54, 1.807) is 0 Å². The summed E-state index contributed by atoms with van der Waals surface area (Å²) in [5, 5.41) is 8.25. The Morgan fingerprint density at radius 1 is 1.47 bits per heavy atom. The number of aliphatic hydroxyl groups is 1. The minimum absolute atomic E-state index is 0.257. The molecule has 0 aromatic carbocycles. The smallest absolute Gasteiger partial charge is 0.325 e. The van der Waals surface area contributed by atoms with Crippen LogP contribution < -0.4 is 4.72 Å². The summed E-state index contributed by atoms with van der Waals surface area (Å²) in [7, 11) is -2.69. The number of esters is 1. The minimum atomic E-state index is -3.84. The van der Waals surface area contributed by atoms with E-state index in [2.05, 4.69) is 16.4 Å². The number of nitrogens with one attached hydrogen (secondary N) is 1. The second kappa shape index (κ2) is 6.19. The summed E-state index contributed by atoms with van der Waals surface area (Å²) in [5.74, 6) is -0.271. The zero-order valence-electron chi connectivity index (χ0n) is 11.7. The molecular formula is C12H23NO5S. The number of ether oxygens (including phenoxy) is 1. The van der Waals surface area contributed by atoms with Crippen molar-refractivity contribution >= 4 is 16.0 Å². The van der Waals surface area contributed by atoms with E-state index in [0.717, 1.165) is 20.0 Å². The van der Waals surface area contributed by atoms with Crippen LogP contribution in [0.2, 0.25) is 0 Å². The molecule has 0 heterocycles. The molecule has 2 N–H and O–H groups in total. The molecule has 0 aromatic rings. The summed E-state index contributed by atoms with van der Waals surface area (Å²) in [4.78, 5) is 11.3. The summed E-state index contributed by atoms with van der Waals surface area (Å²) in [6.07, 6.45) is 2.88. The maximum Gasteiger partial charge on any atom is 0.325 e. The van der Waals surface area contributed by atoms with E-state index in [0.29, 0.717) is 18.8 Å². The Bertz CT molecular complexity index is 412. The molecule has 112 valence electrons. The van der Waals surface area contributed by atoms with Crippen LogP contribution in [0, 0.1) is 5.92 Å². The van der Waals surface area contributed by atoms with Crippen LogP contribution in [0.25, 0.3) is 0 Å². The fourth-order valence-corrected chi connectivity index (χ4v) is 3.69. The van der Waals surface area contributed by atoms with Gasteiger partial charge in [-0.3, -0.25) is 4.79 Å². The van der Waals surface area contributed by atoms with Crippen LogP contribution in [-0.2, 0) is 19.6 Å². The van der Waals surface area contributed by atoms with Gasteiger partial charge in [0.25, 0.3) is 0 Å². The predicted octanol–water partition coefficient (Wildman–Crippen LogP) is 0.408. The number of hydrogen-bond acceptors (Lipinski definition) is 5. The minimum Gasteiger partial charge on any atom is -0.468 e. The van der Waals surface area contributed by atoms with Gasteiger partial charge in [-0.15, -0.1) is 0 Å². The van der Waals surface area contributed by atoms with Crippen molar-refractivity contribution in [2.24, 2.45) is 5.92 Å². The van der Waals surface area contributed by atoms with Gasteiger partial charge in [-0.05, 0) is 38.5 Å². The quantitative estimate of drug-likeness (QED) is 0.716. The first-order valence-electron chi connectivity index (χ1n) is 6.48. The number of aliphatic hydroxyl groups excluding tert-OH is 1. The number of rotatable bonds is 5. The molecular weight excluding hydrogens is 270 g/mol. The molecule has 0 bridgehead atoms. The molecule has 19 heavy (non-hydrogen) atoms. The average molecular weight is 293 g/mol. The van der Waals surface area contributed by atoms with Crippen molar-refractivity contribution in [2.45, 2.75) is 50.3 Å². The lowest BCUT2D eigenvalue weighted by Crippen LogP contribution is -2.56. The van der Waals surface area contributed by atoms with Crippen LogP contribution in [0.4, 0.5) is 0 Å². The molecule has 0 saturated heterocycles. The Morgan fingerprint density at radius 2 is 2.00 bits per heavy atom. The van der Waals surface area contributed by atoms with Crippen LogP contribution in [0.5, 0.6) is 0 Å². The van der Waals surface area contributed by atoms with Gasteiger partial charge in [-0.2, -0.15) is 0 Å². The first-order valence-corrected chi connectivity index (χ1v) is 8.02. The largest absolute Gasteiger partial charge is 0.468 e. The van der Waals surface area contributed by atoms with E-state index in [1.165, 1.54) is 6.92 Å². The average Bonchev–Trinajstić information content (AvgIpc) is 2.39. The van der Waals surface area contributed by atoms with E-state index in [4.69, 9.17) is 0 Å². The maximum absolute atomic E-state index is 12.1. The van der Waals surface area contributed by atoms with Crippen molar-refractivity contribution in [3.8, 4) is 0 Å². The third-order valence-corrected chi connectivity index (χ3v) is 5.73. The second-order valence-electron chi connectivity index (χ2n) is 5.43. The Morgan fingerprint density at radius 3 is 2.42 bits per heavy atom. The fraction of sp³-hybridized carbons (Fsp3) is 0.917. The summed E-state index contributed by atoms with van der Waals surface area (Å²) in [6, 6.07) is 0. The molecule has 1 fully saturated rings. The molecule has 0 aliphatic heterocycles. The highest BCUT2D eigenvalue weighted by Gasteiger charge is 2.40. The number of carbonyl (C=O) groups excluding carboxylic acids is 1. The highest BCUT2D eigenvalue weighted by atomic mass is 32.2. The van der Waals surface area contributed by atoms with Gasteiger partial charge in [0, 0.05) is 0 Å². The van der Waals surface area contributed by atoms with Crippen LogP contribution in [0.1, 0.15) is 39.5 Å². The van der Waals surface area contributed by atoms with Gasteiger partial charge >= 0.3 is 5.97 Å². The van der Waals surface area contributed by atoms with Gasteiger partial charge in [0.2, 0.25) is 10.0 Å². The monoisotopic (exact) mass is 293 g/mol. The van der Waals surface area contributed by atoms with Crippen LogP contribution in [0.15, 0.2) is 0 Å². The number of carbonyl (C=O) groups is 1. The molecule has 7 heteroatoms. The molecule has 0 amide bonds. The van der Waals surface area contributed by atoms with E-state index in [1.807, 2.05) is 0 Å². The topological polar surface area (TPSA) is 92.7 Å². The van der Waals surface area contributed by atoms with Crippen LogP contribution in [-0.4, -0.2) is 44.0 Å². The van der Waals surface area contributed by atoms with E-state index < -0.39 is 26.8 Å². The Labute approximate surface area is 114 Å². The first kappa shape index (κ1) is 16.4. The zero-order valence-corrected chi connectivity index (χ0v) is 12.5. The Hall–Kier alpha value is -0.660. The number of sulfonamides is 1. The Kier molecular flexibility index (Phi) is 5.34. The highest BCUT2D eigenvalue weighted by molar-refractivity contribution is 7.90. The number of methoxy groups -OCH3 is 1. The standard InChI is InChI=1S/C12H23NO5S/c1-9-4-6-12(8-14,7-5-9)13-19(16,17)10(2)11(15)18-3/h9-10,13-14H,4-8H2,1-3H3. The molecule has 1 unspecified atom stereocenters. The normalized spacial score (nSPS) is 29.8. The van der Waals surface area contributed by atoms with E-state index >= 15 is 0 Å². The molecule has 0 radical (unpaired) electrons.